The van der Waals surface area contributed by atoms with Gasteiger partial charge in [0.2, 0.25) is 0 Å². The van der Waals surface area contributed by atoms with Crippen LogP contribution < -0.4 is 0 Å². The Hall–Kier alpha value is -0.900. The van der Waals surface area contributed by atoms with Crippen LogP contribution in [0, 0.1) is 13.8 Å². The first-order valence-corrected chi connectivity index (χ1v) is 7.21. The molecule has 2 atom stereocenters. The number of rotatable bonds is 4. The molecule has 3 heteroatoms. The van der Waals surface area contributed by atoms with Gasteiger partial charge in [-0.25, -0.2) is 0 Å². The lowest BCUT2D eigenvalue weighted by molar-refractivity contribution is 0.0590. The molecule has 2 rings (SSSR count). The average Bonchev–Trinajstić information content (AvgIpc) is 2.35. The zero-order chi connectivity index (χ0) is 13.8. The molecule has 0 aliphatic carbocycles. The van der Waals surface area contributed by atoms with Crippen LogP contribution in [0.25, 0.3) is 0 Å². The van der Waals surface area contributed by atoms with E-state index < -0.39 is 6.10 Å². The van der Waals surface area contributed by atoms with E-state index in [1.807, 2.05) is 0 Å². The molecule has 0 amide bonds. The Kier molecular flexibility index (Phi) is 4.97. The molecule has 0 spiro atoms. The smallest absolute Gasteiger partial charge is 0.0802 e. The molecular formula is C16H25NO2. The summed E-state index contributed by atoms with van der Waals surface area (Å²) >= 11 is 0. The van der Waals surface area contributed by atoms with Crippen molar-refractivity contribution in [1.82, 2.24) is 4.90 Å². The van der Waals surface area contributed by atoms with Gasteiger partial charge in [-0.1, -0.05) is 29.3 Å². The molecule has 3 nitrogen and oxygen atoms in total. The van der Waals surface area contributed by atoms with Gasteiger partial charge in [0, 0.05) is 13.1 Å². The quantitative estimate of drug-likeness (QED) is 0.875. The summed E-state index contributed by atoms with van der Waals surface area (Å²) in [4.78, 5) is 2.25. The summed E-state index contributed by atoms with van der Waals surface area (Å²) in [5, 5.41) is 19.9. The summed E-state index contributed by atoms with van der Waals surface area (Å²) in [6.45, 7) is 6.76. The summed E-state index contributed by atoms with van der Waals surface area (Å²) in [5.41, 5.74) is 3.40. The van der Waals surface area contributed by atoms with Gasteiger partial charge in [-0.3, -0.25) is 0 Å². The van der Waals surface area contributed by atoms with Gasteiger partial charge < -0.3 is 15.1 Å². The van der Waals surface area contributed by atoms with Gasteiger partial charge >= 0.3 is 0 Å². The highest BCUT2D eigenvalue weighted by atomic mass is 16.3. The van der Waals surface area contributed by atoms with Gasteiger partial charge in [-0.2, -0.15) is 0 Å². The van der Waals surface area contributed by atoms with Crippen LogP contribution in [0.3, 0.4) is 0 Å². The van der Waals surface area contributed by atoms with E-state index in [9.17, 15) is 10.2 Å². The Labute approximate surface area is 115 Å². The molecule has 0 aromatic heterocycles. The van der Waals surface area contributed by atoms with E-state index in [2.05, 4.69) is 36.9 Å². The van der Waals surface area contributed by atoms with Crippen molar-refractivity contribution in [1.29, 1.82) is 0 Å². The lowest BCUT2D eigenvalue weighted by atomic mass is 10.0. The Morgan fingerprint density at radius 3 is 2.58 bits per heavy atom. The van der Waals surface area contributed by atoms with Crippen LogP contribution >= 0.6 is 0 Å². The third-order valence-corrected chi connectivity index (χ3v) is 3.83. The van der Waals surface area contributed by atoms with Crippen molar-refractivity contribution >= 4 is 0 Å². The van der Waals surface area contributed by atoms with E-state index >= 15 is 0 Å². The zero-order valence-electron chi connectivity index (χ0n) is 12.0. The lowest BCUT2D eigenvalue weighted by Gasteiger charge is -2.30. The predicted molar refractivity (Wildman–Crippen MR) is 77.2 cm³/mol. The highest BCUT2D eigenvalue weighted by molar-refractivity contribution is 5.29. The largest absolute Gasteiger partial charge is 0.392 e. The van der Waals surface area contributed by atoms with Crippen LogP contribution in [-0.4, -0.2) is 40.9 Å². The standard InChI is InChI=1S/C16H25NO2/c1-12-8-13(2)10-14(9-12)16(19)5-7-17-6-3-4-15(18)11-17/h8-10,15-16,18-19H,3-7,11H2,1-2H3. The normalized spacial score (nSPS) is 22.4. The fourth-order valence-electron chi connectivity index (χ4n) is 2.91. The Balaban J connectivity index is 1.88. The molecule has 1 heterocycles. The molecule has 2 N–H and O–H groups in total. The summed E-state index contributed by atoms with van der Waals surface area (Å²) in [6, 6.07) is 6.24. The van der Waals surface area contributed by atoms with Gasteiger partial charge in [0.1, 0.15) is 0 Å². The van der Waals surface area contributed by atoms with Crippen LogP contribution in [0.1, 0.15) is 42.1 Å². The monoisotopic (exact) mass is 263 g/mol. The molecule has 0 saturated carbocycles. The molecule has 1 saturated heterocycles. The topological polar surface area (TPSA) is 43.7 Å². The number of aryl methyl sites for hydroxylation is 2. The highest BCUT2D eigenvalue weighted by Gasteiger charge is 2.18. The van der Waals surface area contributed by atoms with Crippen LogP contribution in [0.5, 0.6) is 0 Å². The number of nitrogens with zero attached hydrogens (tertiary/aromatic N) is 1. The van der Waals surface area contributed by atoms with Crippen molar-refractivity contribution in [2.75, 3.05) is 19.6 Å². The molecule has 1 fully saturated rings. The van der Waals surface area contributed by atoms with E-state index in [0.29, 0.717) is 0 Å². The molecule has 0 radical (unpaired) electrons. The Morgan fingerprint density at radius 1 is 1.26 bits per heavy atom. The van der Waals surface area contributed by atoms with E-state index in [1.165, 1.54) is 11.1 Å². The van der Waals surface area contributed by atoms with Crippen LogP contribution in [0.4, 0.5) is 0 Å². The maximum Gasteiger partial charge on any atom is 0.0802 e. The number of aliphatic hydroxyl groups is 2. The summed E-state index contributed by atoms with van der Waals surface area (Å²) in [7, 11) is 0. The maximum atomic E-state index is 10.3. The fraction of sp³-hybridized carbons (Fsp3) is 0.625. The zero-order valence-corrected chi connectivity index (χ0v) is 12.0. The number of hydrogen-bond acceptors (Lipinski definition) is 3. The molecule has 0 bridgehead atoms. The number of β-amino-alcohol motifs (C(OH)–C–C–N with tert-alkyl or cyclic N) is 1. The third kappa shape index (κ3) is 4.30. The summed E-state index contributed by atoms with van der Waals surface area (Å²) in [6.07, 6.45) is 2.11. The van der Waals surface area contributed by atoms with E-state index in [-0.39, 0.29) is 6.10 Å². The number of piperidine rings is 1. The number of likely N-dealkylation sites (tertiary alicyclic amines) is 1. The predicted octanol–water partition coefficient (Wildman–Crippen LogP) is 2.18. The van der Waals surface area contributed by atoms with E-state index in [0.717, 1.165) is 44.5 Å². The van der Waals surface area contributed by atoms with Crippen molar-refractivity contribution < 1.29 is 10.2 Å². The second-order valence-corrected chi connectivity index (χ2v) is 5.82. The summed E-state index contributed by atoms with van der Waals surface area (Å²) < 4.78 is 0. The molecular weight excluding hydrogens is 238 g/mol. The SMILES string of the molecule is Cc1cc(C)cc(C(O)CCN2CCCC(O)C2)c1. The van der Waals surface area contributed by atoms with Crippen molar-refractivity contribution in [3.8, 4) is 0 Å². The van der Waals surface area contributed by atoms with E-state index in [1.54, 1.807) is 0 Å². The molecule has 1 aliphatic heterocycles. The van der Waals surface area contributed by atoms with Gasteiger partial charge in [0.15, 0.2) is 0 Å². The van der Waals surface area contributed by atoms with Gasteiger partial charge in [-0.15, -0.1) is 0 Å². The van der Waals surface area contributed by atoms with Crippen molar-refractivity contribution in [3.63, 3.8) is 0 Å². The number of benzene rings is 1. The maximum absolute atomic E-state index is 10.3. The molecule has 2 unspecified atom stereocenters. The Bertz CT molecular complexity index is 399. The first-order valence-electron chi connectivity index (χ1n) is 7.21. The Morgan fingerprint density at radius 2 is 1.95 bits per heavy atom. The highest BCUT2D eigenvalue weighted by Crippen LogP contribution is 2.21. The van der Waals surface area contributed by atoms with Crippen molar-refractivity contribution in [2.24, 2.45) is 0 Å². The van der Waals surface area contributed by atoms with Gasteiger partial charge in [-0.05, 0) is 45.2 Å². The second-order valence-electron chi connectivity index (χ2n) is 5.82. The van der Waals surface area contributed by atoms with Crippen molar-refractivity contribution in [3.05, 3.63) is 34.9 Å². The number of aliphatic hydroxyl groups excluding tert-OH is 2. The third-order valence-electron chi connectivity index (χ3n) is 3.83. The minimum absolute atomic E-state index is 0.188. The van der Waals surface area contributed by atoms with E-state index in [4.69, 9.17) is 0 Å². The minimum Gasteiger partial charge on any atom is -0.392 e. The number of hydrogen-bond donors (Lipinski definition) is 2. The average molecular weight is 263 g/mol. The van der Waals surface area contributed by atoms with Crippen molar-refractivity contribution in [2.45, 2.75) is 45.3 Å². The van der Waals surface area contributed by atoms with Crippen LogP contribution in [0.15, 0.2) is 18.2 Å². The van der Waals surface area contributed by atoms with Gasteiger partial charge in [0.25, 0.3) is 0 Å². The molecule has 106 valence electrons. The first kappa shape index (κ1) is 14.5. The molecule has 1 aromatic rings. The molecule has 19 heavy (non-hydrogen) atoms. The lowest BCUT2D eigenvalue weighted by Crippen LogP contribution is -2.39. The van der Waals surface area contributed by atoms with Gasteiger partial charge in [0.05, 0.1) is 12.2 Å². The molecule has 1 aliphatic rings. The fourth-order valence-corrected chi connectivity index (χ4v) is 2.91. The summed E-state index contributed by atoms with van der Waals surface area (Å²) in [5.74, 6) is 0. The minimum atomic E-state index is -0.405. The molecule has 1 aromatic carbocycles. The first-order chi connectivity index (χ1) is 9.04. The van der Waals surface area contributed by atoms with Crippen LogP contribution in [0.2, 0.25) is 0 Å². The second kappa shape index (κ2) is 6.51. The van der Waals surface area contributed by atoms with Crippen LogP contribution in [-0.2, 0) is 0 Å².